The van der Waals surface area contributed by atoms with E-state index in [0.717, 1.165) is 12.0 Å². The first kappa shape index (κ1) is 20.4. The van der Waals surface area contributed by atoms with Crippen LogP contribution in [-0.2, 0) is 11.2 Å². The molecular formula is C23H26N2O2. The number of nitrogens with zero attached hydrogens (tertiary/aromatic N) is 1. The molecule has 1 atom stereocenters. The Morgan fingerprint density at radius 2 is 1.59 bits per heavy atom. The minimum absolute atomic E-state index is 0.0210. The van der Waals surface area contributed by atoms with Gasteiger partial charge in [-0.1, -0.05) is 50.2 Å². The molecule has 2 aromatic rings. The van der Waals surface area contributed by atoms with Gasteiger partial charge in [0.15, 0.2) is 5.78 Å². The van der Waals surface area contributed by atoms with Crippen LogP contribution in [0.3, 0.4) is 0 Å². The van der Waals surface area contributed by atoms with Crippen LogP contribution < -0.4 is 5.32 Å². The lowest BCUT2D eigenvalue weighted by molar-refractivity contribution is -0.121. The fourth-order valence-corrected chi connectivity index (χ4v) is 2.91. The van der Waals surface area contributed by atoms with Gasteiger partial charge in [-0.2, -0.15) is 5.26 Å². The molecule has 4 heteroatoms. The molecule has 140 valence electrons. The Balaban J connectivity index is 1.83. The van der Waals surface area contributed by atoms with Crippen LogP contribution in [0.4, 0.5) is 0 Å². The van der Waals surface area contributed by atoms with Crippen molar-refractivity contribution in [3.05, 3.63) is 70.8 Å². The molecule has 27 heavy (non-hydrogen) atoms. The van der Waals surface area contributed by atoms with Crippen LogP contribution in [-0.4, -0.2) is 11.7 Å². The summed E-state index contributed by atoms with van der Waals surface area (Å²) in [6.07, 6.45) is 1.34. The van der Waals surface area contributed by atoms with Crippen LogP contribution in [0.5, 0.6) is 0 Å². The summed E-state index contributed by atoms with van der Waals surface area (Å²) in [7, 11) is 0. The van der Waals surface area contributed by atoms with Crippen molar-refractivity contribution in [3.63, 3.8) is 0 Å². The van der Waals surface area contributed by atoms with E-state index < -0.39 is 0 Å². The summed E-state index contributed by atoms with van der Waals surface area (Å²) in [6.45, 7) is 6.21. The Labute approximate surface area is 161 Å². The van der Waals surface area contributed by atoms with Crippen molar-refractivity contribution in [2.75, 3.05) is 0 Å². The molecule has 4 nitrogen and oxygen atoms in total. The van der Waals surface area contributed by atoms with E-state index in [-0.39, 0.29) is 30.6 Å². The zero-order chi connectivity index (χ0) is 19.8. The zero-order valence-corrected chi connectivity index (χ0v) is 16.2. The predicted molar refractivity (Wildman–Crippen MR) is 106 cm³/mol. The first-order valence-electron chi connectivity index (χ1n) is 9.30. The third-order valence-electron chi connectivity index (χ3n) is 4.42. The summed E-state index contributed by atoms with van der Waals surface area (Å²) in [6, 6.07) is 16.7. The van der Waals surface area contributed by atoms with E-state index in [4.69, 9.17) is 5.26 Å². The number of carbonyl (C=O) groups is 2. The Kier molecular flexibility index (Phi) is 7.31. The number of Topliss-reactive ketones (excluding diaryl/α,β-unsaturated/α-hetero) is 1. The summed E-state index contributed by atoms with van der Waals surface area (Å²) in [4.78, 5) is 24.4. The largest absolute Gasteiger partial charge is 0.350 e. The van der Waals surface area contributed by atoms with Crippen molar-refractivity contribution in [1.29, 1.82) is 5.26 Å². The van der Waals surface area contributed by atoms with Crippen LogP contribution in [0.15, 0.2) is 48.5 Å². The molecule has 2 rings (SSSR count). The molecule has 2 aromatic carbocycles. The van der Waals surface area contributed by atoms with Gasteiger partial charge in [0.2, 0.25) is 5.91 Å². The zero-order valence-electron chi connectivity index (χ0n) is 16.2. The van der Waals surface area contributed by atoms with E-state index in [9.17, 15) is 9.59 Å². The first-order valence-corrected chi connectivity index (χ1v) is 9.30. The number of ketones is 1. The van der Waals surface area contributed by atoms with E-state index in [1.54, 1.807) is 12.1 Å². The van der Waals surface area contributed by atoms with E-state index in [1.807, 2.05) is 43.3 Å². The lowest BCUT2D eigenvalue weighted by Crippen LogP contribution is -2.26. The fourth-order valence-electron chi connectivity index (χ4n) is 2.91. The fraction of sp³-hybridized carbons (Fsp3) is 0.348. The van der Waals surface area contributed by atoms with Gasteiger partial charge in [0.05, 0.1) is 17.7 Å². The monoisotopic (exact) mass is 362 g/mol. The second-order valence-electron chi connectivity index (χ2n) is 7.24. The van der Waals surface area contributed by atoms with Crippen molar-refractivity contribution in [2.45, 2.75) is 46.1 Å². The quantitative estimate of drug-likeness (QED) is 0.698. The van der Waals surface area contributed by atoms with E-state index in [2.05, 4.69) is 25.2 Å². The highest BCUT2D eigenvalue weighted by molar-refractivity contribution is 5.98. The molecule has 1 unspecified atom stereocenters. The molecule has 1 N–H and O–H groups in total. The normalized spacial score (nSPS) is 11.7. The lowest BCUT2D eigenvalue weighted by Gasteiger charge is -2.14. The standard InChI is InChI=1S/C23H26N2O2/c1-16(2)14-18-4-10-21(11-5-18)22(26)12-13-23(27)25-17(3)20-8-6-19(15-24)7-9-20/h4-11,16-17H,12-14H2,1-3H3,(H,25,27). The summed E-state index contributed by atoms with van der Waals surface area (Å²) in [5.41, 5.74) is 3.38. The lowest BCUT2D eigenvalue weighted by atomic mass is 9.99. The predicted octanol–water partition coefficient (Wildman–Crippen LogP) is 4.60. The maximum Gasteiger partial charge on any atom is 0.220 e. The van der Waals surface area contributed by atoms with Crippen molar-refractivity contribution >= 4 is 11.7 Å². The molecule has 0 heterocycles. The highest BCUT2D eigenvalue weighted by atomic mass is 16.2. The van der Waals surface area contributed by atoms with Gasteiger partial charge in [0.1, 0.15) is 0 Å². The highest BCUT2D eigenvalue weighted by Gasteiger charge is 2.13. The summed E-state index contributed by atoms with van der Waals surface area (Å²) < 4.78 is 0. The van der Waals surface area contributed by atoms with Crippen LogP contribution in [0.25, 0.3) is 0 Å². The smallest absolute Gasteiger partial charge is 0.220 e. The third kappa shape index (κ3) is 6.38. The second-order valence-corrected chi connectivity index (χ2v) is 7.24. The molecule has 0 saturated heterocycles. The van der Waals surface area contributed by atoms with E-state index >= 15 is 0 Å². The molecule has 1 amide bonds. The summed E-state index contributed by atoms with van der Waals surface area (Å²) >= 11 is 0. The number of hydrogen-bond donors (Lipinski definition) is 1. The molecule has 0 bridgehead atoms. The number of nitriles is 1. The van der Waals surface area contributed by atoms with Crippen LogP contribution in [0, 0.1) is 17.2 Å². The summed E-state index contributed by atoms with van der Waals surface area (Å²) in [5, 5.41) is 11.7. The van der Waals surface area contributed by atoms with Gasteiger partial charge >= 0.3 is 0 Å². The van der Waals surface area contributed by atoms with Crippen molar-refractivity contribution < 1.29 is 9.59 Å². The van der Waals surface area contributed by atoms with Gasteiger partial charge in [-0.05, 0) is 42.5 Å². The van der Waals surface area contributed by atoms with Crippen molar-refractivity contribution in [1.82, 2.24) is 5.32 Å². The minimum atomic E-state index is -0.171. The Bertz CT molecular complexity index is 815. The maximum absolute atomic E-state index is 12.3. The molecule has 0 saturated carbocycles. The van der Waals surface area contributed by atoms with Gasteiger partial charge < -0.3 is 5.32 Å². The Hall–Kier alpha value is -2.93. The van der Waals surface area contributed by atoms with Gasteiger partial charge in [0, 0.05) is 18.4 Å². The molecule has 0 fully saturated rings. The Morgan fingerprint density at radius 3 is 2.15 bits per heavy atom. The number of carbonyl (C=O) groups excluding carboxylic acids is 2. The number of hydrogen-bond acceptors (Lipinski definition) is 3. The number of nitrogens with one attached hydrogen (secondary N) is 1. The van der Waals surface area contributed by atoms with Gasteiger partial charge in [-0.25, -0.2) is 0 Å². The molecular weight excluding hydrogens is 336 g/mol. The number of amides is 1. The van der Waals surface area contributed by atoms with E-state index in [0.29, 0.717) is 17.0 Å². The average molecular weight is 362 g/mol. The van der Waals surface area contributed by atoms with Crippen molar-refractivity contribution in [2.24, 2.45) is 5.92 Å². The van der Waals surface area contributed by atoms with Crippen LogP contribution >= 0.6 is 0 Å². The van der Waals surface area contributed by atoms with Gasteiger partial charge in [-0.15, -0.1) is 0 Å². The number of rotatable bonds is 8. The maximum atomic E-state index is 12.3. The second kappa shape index (κ2) is 9.68. The SMILES string of the molecule is CC(C)Cc1ccc(C(=O)CCC(=O)NC(C)c2ccc(C#N)cc2)cc1. The summed E-state index contributed by atoms with van der Waals surface area (Å²) in [5.74, 6) is 0.400. The van der Waals surface area contributed by atoms with Crippen LogP contribution in [0.2, 0.25) is 0 Å². The average Bonchev–Trinajstić information content (AvgIpc) is 2.66. The van der Waals surface area contributed by atoms with Gasteiger partial charge in [-0.3, -0.25) is 9.59 Å². The molecule has 0 aliphatic rings. The molecule has 0 spiro atoms. The molecule has 0 aliphatic carbocycles. The van der Waals surface area contributed by atoms with Crippen LogP contribution in [0.1, 0.15) is 66.7 Å². The third-order valence-corrected chi connectivity index (χ3v) is 4.42. The highest BCUT2D eigenvalue weighted by Crippen LogP contribution is 2.15. The van der Waals surface area contributed by atoms with E-state index in [1.165, 1.54) is 5.56 Å². The number of benzene rings is 2. The minimum Gasteiger partial charge on any atom is -0.350 e. The molecule has 0 radical (unpaired) electrons. The topological polar surface area (TPSA) is 70.0 Å². The molecule has 0 aliphatic heterocycles. The Morgan fingerprint density at radius 1 is 0.963 bits per heavy atom. The van der Waals surface area contributed by atoms with Crippen molar-refractivity contribution in [3.8, 4) is 6.07 Å². The van der Waals surface area contributed by atoms with Gasteiger partial charge in [0.25, 0.3) is 0 Å². The first-order chi connectivity index (χ1) is 12.9. The molecule has 0 aromatic heterocycles.